The molecule has 2 saturated carbocycles. The maximum absolute atomic E-state index is 2.44. The molecule has 1 aromatic rings. The molecule has 22 heavy (non-hydrogen) atoms. The van der Waals surface area contributed by atoms with E-state index in [1.807, 2.05) is 0 Å². The van der Waals surface area contributed by atoms with Crippen molar-refractivity contribution in [2.75, 3.05) is 0 Å². The van der Waals surface area contributed by atoms with E-state index in [4.69, 9.17) is 0 Å². The van der Waals surface area contributed by atoms with Gasteiger partial charge in [0.15, 0.2) is 0 Å². The van der Waals surface area contributed by atoms with Crippen LogP contribution in [0.15, 0.2) is 24.3 Å². The van der Waals surface area contributed by atoms with Gasteiger partial charge in [0.2, 0.25) is 0 Å². The van der Waals surface area contributed by atoms with Crippen LogP contribution >= 0.6 is 0 Å². The van der Waals surface area contributed by atoms with Gasteiger partial charge >= 0.3 is 0 Å². The Morgan fingerprint density at radius 2 is 0.955 bits per heavy atom. The van der Waals surface area contributed by atoms with Crippen LogP contribution in [0.25, 0.3) is 0 Å². The third-order valence-corrected chi connectivity index (χ3v) is 6.55. The third-order valence-electron chi connectivity index (χ3n) is 6.55. The summed E-state index contributed by atoms with van der Waals surface area (Å²) in [4.78, 5) is 0. The SMILES string of the molecule is CC1(C)CCC(c2ccccc2C2CCC(C)(C)CC2)CC1. The van der Waals surface area contributed by atoms with Gasteiger partial charge in [-0.25, -0.2) is 0 Å². The Labute approximate surface area is 137 Å². The lowest BCUT2D eigenvalue weighted by Gasteiger charge is -2.38. The predicted molar refractivity (Wildman–Crippen MR) is 96.4 cm³/mol. The summed E-state index contributed by atoms with van der Waals surface area (Å²) in [5.41, 5.74) is 4.53. The van der Waals surface area contributed by atoms with E-state index in [2.05, 4.69) is 52.0 Å². The van der Waals surface area contributed by atoms with Crippen LogP contribution in [0.2, 0.25) is 0 Å². The third kappa shape index (κ3) is 3.58. The first-order valence-corrected chi connectivity index (χ1v) is 9.45. The minimum Gasteiger partial charge on any atom is -0.0620 e. The van der Waals surface area contributed by atoms with Crippen molar-refractivity contribution in [3.63, 3.8) is 0 Å². The van der Waals surface area contributed by atoms with E-state index < -0.39 is 0 Å². The molecule has 0 saturated heterocycles. The van der Waals surface area contributed by atoms with Gasteiger partial charge in [-0.15, -0.1) is 0 Å². The molecule has 0 radical (unpaired) electrons. The van der Waals surface area contributed by atoms with E-state index in [-0.39, 0.29) is 0 Å². The molecule has 0 nitrogen and oxygen atoms in total. The van der Waals surface area contributed by atoms with E-state index in [1.54, 1.807) is 11.1 Å². The topological polar surface area (TPSA) is 0 Å². The first kappa shape index (κ1) is 16.1. The Balaban J connectivity index is 1.76. The van der Waals surface area contributed by atoms with Gasteiger partial charge in [-0.05, 0) is 85.2 Å². The van der Waals surface area contributed by atoms with Gasteiger partial charge in [-0.1, -0.05) is 52.0 Å². The Bertz CT molecular complexity index is 442. The highest BCUT2D eigenvalue weighted by Crippen LogP contribution is 2.47. The molecule has 0 N–H and O–H groups in total. The lowest BCUT2D eigenvalue weighted by Crippen LogP contribution is -2.23. The number of benzene rings is 1. The van der Waals surface area contributed by atoms with Gasteiger partial charge in [0.1, 0.15) is 0 Å². The van der Waals surface area contributed by atoms with Crippen LogP contribution in [-0.4, -0.2) is 0 Å². The lowest BCUT2D eigenvalue weighted by atomic mass is 9.67. The highest BCUT2D eigenvalue weighted by atomic mass is 14.4. The number of hydrogen-bond donors (Lipinski definition) is 0. The first-order valence-electron chi connectivity index (χ1n) is 9.45. The van der Waals surface area contributed by atoms with Crippen LogP contribution in [-0.2, 0) is 0 Å². The molecule has 0 aromatic heterocycles. The van der Waals surface area contributed by atoms with E-state index in [9.17, 15) is 0 Å². The molecule has 0 amide bonds. The molecule has 0 atom stereocenters. The number of hydrogen-bond acceptors (Lipinski definition) is 0. The van der Waals surface area contributed by atoms with Crippen molar-refractivity contribution in [1.82, 2.24) is 0 Å². The number of rotatable bonds is 2. The van der Waals surface area contributed by atoms with E-state index >= 15 is 0 Å². The van der Waals surface area contributed by atoms with Gasteiger partial charge < -0.3 is 0 Å². The van der Waals surface area contributed by atoms with Crippen molar-refractivity contribution < 1.29 is 0 Å². The molecular weight excluding hydrogens is 264 g/mol. The summed E-state index contributed by atoms with van der Waals surface area (Å²) < 4.78 is 0. The molecule has 2 aliphatic carbocycles. The van der Waals surface area contributed by atoms with Crippen molar-refractivity contribution in [1.29, 1.82) is 0 Å². The monoisotopic (exact) mass is 298 g/mol. The van der Waals surface area contributed by atoms with Crippen LogP contribution in [0.5, 0.6) is 0 Å². The zero-order chi connectivity index (χ0) is 15.8. The van der Waals surface area contributed by atoms with Crippen LogP contribution in [0.1, 0.15) is 102 Å². The van der Waals surface area contributed by atoms with Gasteiger partial charge in [-0.3, -0.25) is 0 Å². The molecule has 2 aliphatic rings. The summed E-state index contributed by atoms with van der Waals surface area (Å²) in [7, 11) is 0. The van der Waals surface area contributed by atoms with Gasteiger partial charge in [0.25, 0.3) is 0 Å². The molecule has 0 heterocycles. The van der Waals surface area contributed by atoms with Crippen molar-refractivity contribution in [3.8, 4) is 0 Å². The lowest BCUT2D eigenvalue weighted by molar-refractivity contribution is 0.216. The molecule has 0 unspecified atom stereocenters. The van der Waals surface area contributed by atoms with Crippen LogP contribution in [0.3, 0.4) is 0 Å². The van der Waals surface area contributed by atoms with Gasteiger partial charge in [0, 0.05) is 0 Å². The van der Waals surface area contributed by atoms with Crippen molar-refractivity contribution in [2.45, 2.75) is 90.9 Å². The minimum absolute atomic E-state index is 0.570. The van der Waals surface area contributed by atoms with Gasteiger partial charge in [0.05, 0.1) is 0 Å². The van der Waals surface area contributed by atoms with Crippen molar-refractivity contribution in [3.05, 3.63) is 35.4 Å². The second-order valence-electron chi connectivity index (χ2n) is 9.51. The van der Waals surface area contributed by atoms with E-state index in [1.165, 1.54) is 51.4 Å². The van der Waals surface area contributed by atoms with Crippen LogP contribution < -0.4 is 0 Å². The summed E-state index contributed by atoms with van der Waals surface area (Å²) >= 11 is 0. The summed E-state index contributed by atoms with van der Waals surface area (Å²) in [5, 5.41) is 0. The smallest absolute Gasteiger partial charge is 0.0159 e. The standard InChI is InChI=1S/C22H34/c1-21(2)13-9-17(10-14-21)19-7-5-6-8-20(19)18-11-15-22(3,4)16-12-18/h5-8,17-18H,9-16H2,1-4H3. The predicted octanol–water partition coefficient (Wildman–Crippen LogP) is 7.05. The zero-order valence-corrected chi connectivity index (χ0v) is 15.1. The van der Waals surface area contributed by atoms with E-state index in [0.717, 1.165) is 11.8 Å². The van der Waals surface area contributed by atoms with Crippen molar-refractivity contribution >= 4 is 0 Å². The largest absolute Gasteiger partial charge is 0.0620 e. The summed E-state index contributed by atoms with van der Waals surface area (Å²) in [6.07, 6.45) is 11.1. The Kier molecular flexibility index (Phi) is 4.40. The molecule has 2 fully saturated rings. The Hall–Kier alpha value is -0.780. The highest BCUT2D eigenvalue weighted by Gasteiger charge is 2.32. The molecule has 122 valence electrons. The second-order valence-corrected chi connectivity index (χ2v) is 9.51. The average molecular weight is 299 g/mol. The fraction of sp³-hybridized carbons (Fsp3) is 0.727. The molecule has 0 spiro atoms. The highest BCUT2D eigenvalue weighted by molar-refractivity contribution is 5.34. The Morgan fingerprint density at radius 3 is 1.27 bits per heavy atom. The maximum Gasteiger partial charge on any atom is -0.0159 e. The molecule has 1 aromatic carbocycles. The summed E-state index contributed by atoms with van der Waals surface area (Å²) in [5.74, 6) is 1.64. The summed E-state index contributed by atoms with van der Waals surface area (Å²) in [6, 6.07) is 9.42. The second kappa shape index (κ2) is 6.02. The fourth-order valence-electron chi connectivity index (χ4n) is 4.68. The molecule has 0 aliphatic heterocycles. The molecule has 0 bridgehead atoms. The summed E-state index contributed by atoms with van der Waals surface area (Å²) in [6.45, 7) is 9.77. The van der Waals surface area contributed by atoms with Crippen LogP contribution in [0, 0.1) is 10.8 Å². The average Bonchev–Trinajstić information content (AvgIpc) is 2.47. The molecule has 0 heteroatoms. The molecule has 3 rings (SSSR count). The minimum atomic E-state index is 0.570. The zero-order valence-electron chi connectivity index (χ0n) is 15.1. The first-order chi connectivity index (χ1) is 10.4. The Morgan fingerprint density at radius 1 is 0.636 bits per heavy atom. The van der Waals surface area contributed by atoms with Gasteiger partial charge in [-0.2, -0.15) is 0 Å². The normalized spacial score (nSPS) is 26.0. The maximum atomic E-state index is 2.44. The van der Waals surface area contributed by atoms with Crippen LogP contribution in [0.4, 0.5) is 0 Å². The van der Waals surface area contributed by atoms with E-state index in [0.29, 0.717) is 10.8 Å². The fourth-order valence-corrected chi connectivity index (χ4v) is 4.68. The van der Waals surface area contributed by atoms with Crippen molar-refractivity contribution in [2.24, 2.45) is 10.8 Å². The quantitative estimate of drug-likeness (QED) is 0.548. The molecular formula is C22H34.